The molecule has 1 fully saturated rings. The number of urea groups is 1. The van der Waals surface area contributed by atoms with Gasteiger partial charge in [-0.3, -0.25) is 0 Å². The number of amides is 2. The Balaban J connectivity index is 1.34. The molecule has 166 valence electrons. The number of aryl methyl sites for hydroxylation is 1. The van der Waals surface area contributed by atoms with Crippen LogP contribution in [0.25, 0.3) is 0 Å². The Morgan fingerprint density at radius 2 is 1.53 bits per heavy atom. The largest absolute Gasteiger partial charge is 0.494 e. The lowest BCUT2D eigenvalue weighted by molar-refractivity contribution is 0.262. The Bertz CT molecular complexity index is 1050. The van der Waals surface area contributed by atoms with Crippen LogP contribution in [0.5, 0.6) is 5.75 Å². The number of hydrogen-bond donors (Lipinski definition) is 3. The van der Waals surface area contributed by atoms with Crippen molar-refractivity contribution in [2.75, 3.05) is 40.5 Å². The molecule has 3 N–H and O–H groups in total. The number of hydrogen-bond acceptors (Lipinski definition) is 6. The molecule has 2 amide bonds. The first-order valence-electron chi connectivity index (χ1n) is 10.9. The van der Waals surface area contributed by atoms with E-state index in [0.717, 1.165) is 36.0 Å². The van der Waals surface area contributed by atoms with E-state index >= 15 is 0 Å². The van der Waals surface area contributed by atoms with Gasteiger partial charge in [0.2, 0.25) is 5.95 Å². The van der Waals surface area contributed by atoms with E-state index in [2.05, 4.69) is 30.8 Å². The standard InChI is InChI=1S/C24H28N6O2/c1-3-32-21-12-10-20(11-13-21)28-24(31)27-19-8-6-18(7-9-19)26-23-25-17(2)16-22(29-23)30-14-4-5-15-30/h6-13,16H,3-5,14-15H2,1-2H3,(H,25,26,29)(H2,27,28,31). The molecule has 8 heteroatoms. The smallest absolute Gasteiger partial charge is 0.323 e. The van der Waals surface area contributed by atoms with Crippen molar-refractivity contribution in [3.63, 3.8) is 0 Å². The maximum absolute atomic E-state index is 12.3. The van der Waals surface area contributed by atoms with Crippen molar-refractivity contribution in [1.29, 1.82) is 0 Å². The van der Waals surface area contributed by atoms with E-state index in [1.165, 1.54) is 12.8 Å². The number of anilines is 5. The van der Waals surface area contributed by atoms with Gasteiger partial charge in [-0.2, -0.15) is 4.98 Å². The van der Waals surface area contributed by atoms with E-state index in [1.807, 2.05) is 56.3 Å². The third-order valence-electron chi connectivity index (χ3n) is 5.09. The normalized spacial score (nSPS) is 13.0. The van der Waals surface area contributed by atoms with Gasteiger partial charge in [0.15, 0.2) is 0 Å². The highest BCUT2D eigenvalue weighted by Crippen LogP contribution is 2.23. The predicted octanol–water partition coefficient (Wildman–Crippen LogP) is 5.17. The summed E-state index contributed by atoms with van der Waals surface area (Å²) < 4.78 is 5.41. The average Bonchev–Trinajstić information content (AvgIpc) is 3.31. The maximum atomic E-state index is 12.3. The van der Waals surface area contributed by atoms with E-state index in [0.29, 0.717) is 23.9 Å². The minimum absolute atomic E-state index is 0.313. The summed E-state index contributed by atoms with van der Waals surface area (Å²) in [6, 6.07) is 16.4. The van der Waals surface area contributed by atoms with Crippen molar-refractivity contribution in [2.24, 2.45) is 0 Å². The first kappa shape index (κ1) is 21.4. The van der Waals surface area contributed by atoms with Gasteiger partial charge in [-0.25, -0.2) is 9.78 Å². The summed E-state index contributed by atoms with van der Waals surface area (Å²) in [7, 11) is 0. The third kappa shape index (κ3) is 5.66. The molecule has 0 aliphatic carbocycles. The molecule has 2 aromatic carbocycles. The zero-order chi connectivity index (χ0) is 22.3. The van der Waals surface area contributed by atoms with E-state index < -0.39 is 0 Å². The molecule has 0 spiro atoms. The molecule has 3 aromatic rings. The van der Waals surface area contributed by atoms with Crippen molar-refractivity contribution in [2.45, 2.75) is 26.7 Å². The van der Waals surface area contributed by atoms with Crippen LogP contribution in [0.1, 0.15) is 25.5 Å². The highest BCUT2D eigenvalue weighted by molar-refractivity contribution is 5.99. The van der Waals surface area contributed by atoms with E-state index in [-0.39, 0.29) is 6.03 Å². The number of carbonyl (C=O) groups is 1. The number of nitrogens with zero attached hydrogens (tertiary/aromatic N) is 3. The highest BCUT2D eigenvalue weighted by Gasteiger charge is 2.15. The molecular weight excluding hydrogens is 404 g/mol. The lowest BCUT2D eigenvalue weighted by atomic mass is 10.3. The van der Waals surface area contributed by atoms with Crippen molar-refractivity contribution in [3.8, 4) is 5.75 Å². The number of ether oxygens (including phenoxy) is 1. The molecule has 1 aliphatic rings. The summed E-state index contributed by atoms with van der Waals surface area (Å²) in [6.45, 7) is 6.58. The van der Waals surface area contributed by atoms with Gasteiger partial charge in [-0.1, -0.05) is 0 Å². The molecule has 2 heterocycles. The van der Waals surface area contributed by atoms with E-state index in [1.54, 1.807) is 12.1 Å². The first-order chi connectivity index (χ1) is 15.6. The van der Waals surface area contributed by atoms with Gasteiger partial charge in [0.25, 0.3) is 0 Å². The van der Waals surface area contributed by atoms with Crippen molar-refractivity contribution in [1.82, 2.24) is 9.97 Å². The molecule has 1 saturated heterocycles. The second kappa shape index (κ2) is 10.00. The molecule has 4 rings (SSSR count). The molecule has 1 aliphatic heterocycles. The van der Waals surface area contributed by atoms with Gasteiger partial charge in [-0.05, 0) is 75.2 Å². The Labute approximate surface area is 188 Å². The lowest BCUT2D eigenvalue weighted by Crippen LogP contribution is -2.20. The molecule has 0 bridgehead atoms. The minimum atomic E-state index is -0.313. The van der Waals surface area contributed by atoms with Gasteiger partial charge in [-0.15, -0.1) is 0 Å². The van der Waals surface area contributed by atoms with E-state index in [9.17, 15) is 4.79 Å². The fraction of sp³-hybridized carbons (Fsp3) is 0.292. The lowest BCUT2D eigenvalue weighted by Gasteiger charge is -2.17. The molecule has 8 nitrogen and oxygen atoms in total. The average molecular weight is 433 g/mol. The van der Waals surface area contributed by atoms with Crippen LogP contribution in [0.2, 0.25) is 0 Å². The van der Waals surface area contributed by atoms with Crippen molar-refractivity contribution in [3.05, 3.63) is 60.3 Å². The number of aromatic nitrogens is 2. The van der Waals surface area contributed by atoms with Crippen LogP contribution < -0.4 is 25.6 Å². The summed E-state index contributed by atoms with van der Waals surface area (Å²) in [6.07, 6.45) is 2.40. The minimum Gasteiger partial charge on any atom is -0.494 e. The molecule has 1 aromatic heterocycles. The van der Waals surface area contributed by atoms with Gasteiger partial charge in [0.1, 0.15) is 11.6 Å². The third-order valence-corrected chi connectivity index (χ3v) is 5.09. The maximum Gasteiger partial charge on any atom is 0.323 e. The van der Waals surface area contributed by atoms with Crippen LogP contribution in [-0.4, -0.2) is 35.7 Å². The van der Waals surface area contributed by atoms with Crippen LogP contribution in [0, 0.1) is 6.92 Å². The number of nitrogens with one attached hydrogen (secondary N) is 3. The molecular formula is C24H28N6O2. The van der Waals surface area contributed by atoms with Gasteiger partial charge in [0, 0.05) is 41.9 Å². The zero-order valence-electron chi connectivity index (χ0n) is 18.4. The molecule has 0 radical (unpaired) electrons. The summed E-state index contributed by atoms with van der Waals surface area (Å²) in [5.41, 5.74) is 3.14. The summed E-state index contributed by atoms with van der Waals surface area (Å²) in [5.74, 6) is 2.30. The van der Waals surface area contributed by atoms with E-state index in [4.69, 9.17) is 4.74 Å². The predicted molar refractivity (Wildman–Crippen MR) is 128 cm³/mol. The fourth-order valence-corrected chi connectivity index (χ4v) is 3.58. The SMILES string of the molecule is CCOc1ccc(NC(=O)Nc2ccc(Nc3nc(C)cc(N4CCCC4)n3)cc2)cc1. The number of rotatable bonds is 7. The quantitative estimate of drug-likeness (QED) is 0.477. The Kier molecular flexibility index (Phi) is 6.69. The molecule has 0 saturated carbocycles. The molecule has 32 heavy (non-hydrogen) atoms. The first-order valence-corrected chi connectivity index (χ1v) is 10.9. The van der Waals surface area contributed by atoms with Gasteiger partial charge < -0.3 is 25.6 Å². The van der Waals surface area contributed by atoms with Crippen molar-refractivity contribution < 1.29 is 9.53 Å². The van der Waals surface area contributed by atoms with Crippen LogP contribution in [-0.2, 0) is 0 Å². The monoisotopic (exact) mass is 432 g/mol. The Hall–Kier alpha value is -3.81. The second-order valence-corrected chi connectivity index (χ2v) is 7.62. The van der Waals surface area contributed by atoms with Crippen LogP contribution in [0.15, 0.2) is 54.6 Å². The summed E-state index contributed by atoms with van der Waals surface area (Å²) in [5, 5.41) is 8.89. The number of benzene rings is 2. The topological polar surface area (TPSA) is 91.4 Å². The van der Waals surface area contributed by atoms with Gasteiger partial charge in [0.05, 0.1) is 6.61 Å². The van der Waals surface area contributed by atoms with Gasteiger partial charge >= 0.3 is 6.03 Å². The second-order valence-electron chi connectivity index (χ2n) is 7.62. The molecule has 0 atom stereocenters. The van der Waals surface area contributed by atoms with Crippen molar-refractivity contribution >= 4 is 34.9 Å². The highest BCUT2D eigenvalue weighted by atomic mass is 16.5. The summed E-state index contributed by atoms with van der Waals surface area (Å²) in [4.78, 5) is 23.7. The van der Waals surface area contributed by atoms with Crippen LogP contribution in [0.4, 0.5) is 33.6 Å². The Morgan fingerprint density at radius 1 is 0.938 bits per heavy atom. The van der Waals surface area contributed by atoms with Crippen LogP contribution in [0.3, 0.4) is 0 Å². The summed E-state index contributed by atoms with van der Waals surface area (Å²) >= 11 is 0. The molecule has 0 unspecified atom stereocenters. The fourth-order valence-electron chi connectivity index (χ4n) is 3.58. The van der Waals surface area contributed by atoms with Crippen LogP contribution >= 0.6 is 0 Å². The Morgan fingerprint density at radius 3 is 2.16 bits per heavy atom. The zero-order valence-corrected chi connectivity index (χ0v) is 18.4. The number of carbonyl (C=O) groups excluding carboxylic acids is 1.